The minimum Gasteiger partial charge on any atom is -0.383 e. The zero-order chi connectivity index (χ0) is 15.8. The third-order valence-electron chi connectivity index (χ3n) is 3.03. The first kappa shape index (κ1) is 16.2. The van der Waals surface area contributed by atoms with E-state index >= 15 is 0 Å². The van der Waals surface area contributed by atoms with Crippen molar-refractivity contribution in [2.24, 2.45) is 17.3 Å². The van der Waals surface area contributed by atoms with E-state index in [1.807, 2.05) is 55.9 Å². The van der Waals surface area contributed by atoms with Crippen molar-refractivity contribution in [1.29, 1.82) is 0 Å². The summed E-state index contributed by atoms with van der Waals surface area (Å²) < 4.78 is 7.35. The molecule has 0 saturated heterocycles. The number of aryl methyl sites for hydroxylation is 1. The number of aromatic nitrogens is 2. The quantitative estimate of drug-likeness (QED) is 0.590. The van der Waals surface area contributed by atoms with Gasteiger partial charge in [0.2, 0.25) is 5.95 Å². The van der Waals surface area contributed by atoms with E-state index < -0.39 is 0 Å². The average Bonchev–Trinajstić information content (AvgIpc) is 2.91. The number of nitrogens with zero attached hydrogens (tertiary/aromatic N) is 4. The lowest BCUT2D eigenvalue weighted by atomic mass is 10.2. The molecule has 0 atom stereocenters. The zero-order valence-corrected chi connectivity index (χ0v) is 13.4. The summed E-state index contributed by atoms with van der Waals surface area (Å²) in [5.74, 6) is 0.583. The van der Waals surface area contributed by atoms with Crippen LogP contribution in [-0.2, 0) is 11.8 Å². The molecule has 1 heterocycles. The van der Waals surface area contributed by atoms with Gasteiger partial charge < -0.3 is 14.6 Å². The molecule has 1 N–H and O–H groups in total. The van der Waals surface area contributed by atoms with Crippen molar-refractivity contribution in [1.82, 2.24) is 9.55 Å². The molecule has 0 aliphatic carbocycles. The number of imidazole rings is 1. The topological polar surface area (TPSA) is 63.8 Å². The Balaban J connectivity index is 1.92. The van der Waals surface area contributed by atoms with Crippen molar-refractivity contribution < 1.29 is 4.74 Å². The number of hydrogen-bond donors (Lipinski definition) is 1. The Hall–Kier alpha value is -2.21. The van der Waals surface area contributed by atoms with Crippen molar-refractivity contribution in [2.75, 3.05) is 18.5 Å². The van der Waals surface area contributed by atoms with E-state index in [1.54, 1.807) is 6.20 Å². The molecule has 1 aromatic carbocycles. The summed E-state index contributed by atoms with van der Waals surface area (Å²) >= 11 is 0. The number of ether oxygens (including phenoxy) is 1. The van der Waals surface area contributed by atoms with Gasteiger partial charge >= 0.3 is 0 Å². The highest BCUT2D eigenvalue weighted by atomic mass is 16.5. The van der Waals surface area contributed by atoms with E-state index in [0.29, 0.717) is 5.95 Å². The highest BCUT2D eigenvalue weighted by Crippen LogP contribution is 2.25. The molecule has 0 aliphatic heterocycles. The smallest absolute Gasteiger partial charge is 0.249 e. The van der Waals surface area contributed by atoms with Crippen molar-refractivity contribution in [3.8, 4) is 0 Å². The molecule has 0 aliphatic rings. The minimum atomic E-state index is 0.277. The number of para-hydroxylation sites is 1. The Kier molecular flexibility index (Phi) is 6.09. The van der Waals surface area contributed by atoms with Gasteiger partial charge in [0.25, 0.3) is 0 Å². The Labute approximate surface area is 131 Å². The van der Waals surface area contributed by atoms with Crippen LogP contribution in [0.1, 0.15) is 20.3 Å². The molecule has 0 unspecified atom stereocenters. The normalized spacial score (nSPS) is 11.5. The lowest BCUT2D eigenvalue weighted by molar-refractivity contribution is 0.0787. The van der Waals surface area contributed by atoms with Crippen LogP contribution < -0.4 is 5.32 Å². The van der Waals surface area contributed by atoms with Crippen LogP contribution in [0, 0.1) is 0 Å². The van der Waals surface area contributed by atoms with Crippen LogP contribution in [-0.4, -0.2) is 28.8 Å². The summed E-state index contributed by atoms with van der Waals surface area (Å²) in [7, 11) is 1.89. The maximum atomic E-state index is 5.53. The molecule has 2 rings (SSSR count). The van der Waals surface area contributed by atoms with Gasteiger partial charge in [0.1, 0.15) is 5.69 Å². The van der Waals surface area contributed by atoms with Gasteiger partial charge in [0.05, 0.1) is 11.8 Å². The summed E-state index contributed by atoms with van der Waals surface area (Å²) in [6.07, 6.45) is 4.77. The largest absolute Gasteiger partial charge is 0.383 e. The highest BCUT2D eigenvalue weighted by Gasteiger charge is 2.01. The van der Waals surface area contributed by atoms with Crippen molar-refractivity contribution in [3.63, 3.8) is 0 Å². The molecule has 0 bridgehead atoms. The molecule has 118 valence electrons. The minimum absolute atomic E-state index is 0.277. The molecule has 6 nitrogen and oxygen atoms in total. The number of azo groups is 1. The fourth-order valence-corrected chi connectivity index (χ4v) is 1.88. The van der Waals surface area contributed by atoms with E-state index in [4.69, 9.17) is 4.74 Å². The summed E-state index contributed by atoms with van der Waals surface area (Å²) in [5, 5.41) is 11.8. The van der Waals surface area contributed by atoms with E-state index in [9.17, 15) is 0 Å². The third-order valence-corrected chi connectivity index (χ3v) is 3.03. The second kappa shape index (κ2) is 8.29. The Morgan fingerprint density at radius 1 is 1.27 bits per heavy atom. The van der Waals surface area contributed by atoms with E-state index in [0.717, 1.165) is 30.9 Å². The molecule has 0 amide bonds. The predicted octanol–water partition coefficient (Wildman–Crippen LogP) is 4.06. The molecule has 6 heteroatoms. The van der Waals surface area contributed by atoms with Gasteiger partial charge in [0.15, 0.2) is 0 Å². The lowest BCUT2D eigenvalue weighted by Crippen LogP contribution is -2.09. The molecule has 2 aromatic rings. The van der Waals surface area contributed by atoms with Crippen LogP contribution >= 0.6 is 0 Å². The van der Waals surface area contributed by atoms with Crippen molar-refractivity contribution >= 4 is 17.3 Å². The van der Waals surface area contributed by atoms with Gasteiger partial charge in [-0.3, -0.25) is 0 Å². The average molecular weight is 301 g/mol. The maximum absolute atomic E-state index is 5.53. The molecule has 0 radical (unpaired) electrons. The molecular formula is C16H23N5O. The Bertz CT molecular complexity index is 606. The number of anilines is 1. The molecular weight excluding hydrogens is 278 g/mol. The van der Waals surface area contributed by atoms with Gasteiger partial charge in [-0.25, -0.2) is 4.98 Å². The molecule has 0 fully saturated rings. The van der Waals surface area contributed by atoms with Crippen LogP contribution in [0.5, 0.6) is 0 Å². The standard InChI is InChI=1S/C16H23N5O/c1-13(2)22-12-6-9-17-14-7-4-5-8-15(14)19-20-16-18-10-11-21(16)3/h4-5,7-8,10-11,13,17H,6,9,12H2,1-3H3. The van der Waals surface area contributed by atoms with E-state index in [-0.39, 0.29) is 6.10 Å². The van der Waals surface area contributed by atoms with Gasteiger partial charge in [0, 0.05) is 32.6 Å². The maximum Gasteiger partial charge on any atom is 0.249 e. The van der Waals surface area contributed by atoms with Crippen LogP contribution in [0.4, 0.5) is 17.3 Å². The third kappa shape index (κ3) is 4.96. The summed E-state index contributed by atoms with van der Waals surface area (Å²) in [4.78, 5) is 4.13. The van der Waals surface area contributed by atoms with Gasteiger partial charge in [-0.05, 0) is 32.4 Å². The zero-order valence-electron chi connectivity index (χ0n) is 13.4. The van der Waals surface area contributed by atoms with Crippen molar-refractivity contribution in [3.05, 3.63) is 36.7 Å². The first-order valence-corrected chi connectivity index (χ1v) is 7.50. The summed E-state index contributed by atoms with van der Waals surface area (Å²) in [6, 6.07) is 7.85. The lowest BCUT2D eigenvalue weighted by Gasteiger charge is -2.10. The Morgan fingerprint density at radius 3 is 2.82 bits per heavy atom. The Morgan fingerprint density at radius 2 is 2.09 bits per heavy atom. The number of hydrogen-bond acceptors (Lipinski definition) is 5. The van der Waals surface area contributed by atoms with Gasteiger partial charge in [-0.1, -0.05) is 12.1 Å². The molecule has 22 heavy (non-hydrogen) atoms. The highest BCUT2D eigenvalue weighted by molar-refractivity contribution is 5.64. The van der Waals surface area contributed by atoms with E-state index in [1.165, 1.54) is 0 Å². The monoisotopic (exact) mass is 301 g/mol. The van der Waals surface area contributed by atoms with Crippen LogP contribution in [0.25, 0.3) is 0 Å². The number of nitrogens with one attached hydrogen (secondary N) is 1. The van der Waals surface area contributed by atoms with E-state index in [2.05, 4.69) is 20.5 Å². The fourth-order valence-electron chi connectivity index (χ4n) is 1.88. The van der Waals surface area contributed by atoms with Crippen LogP contribution in [0.2, 0.25) is 0 Å². The molecule has 0 saturated carbocycles. The molecule has 1 aromatic heterocycles. The number of benzene rings is 1. The SMILES string of the molecule is CC(C)OCCCNc1ccccc1N=Nc1nccn1C. The first-order valence-electron chi connectivity index (χ1n) is 7.50. The summed E-state index contributed by atoms with van der Waals surface area (Å²) in [6.45, 7) is 5.67. The van der Waals surface area contributed by atoms with Gasteiger partial charge in [-0.15, -0.1) is 10.2 Å². The van der Waals surface area contributed by atoms with Gasteiger partial charge in [-0.2, -0.15) is 0 Å². The first-order chi connectivity index (χ1) is 10.7. The van der Waals surface area contributed by atoms with Crippen LogP contribution in [0.15, 0.2) is 46.9 Å². The van der Waals surface area contributed by atoms with Crippen molar-refractivity contribution in [2.45, 2.75) is 26.4 Å². The second-order valence-electron chi connectivity index (χ2n) is 5.26. The molecule has 0 spiro atoms. The fraction of sp³-hybridized carbons (Fsp3) is 0.438. The predicted molar refractivity (Wildman–Crippen MR) is 88.0 cm³/mol. The van der Waals surface area contributed by atoms with Crippen LogP contribution in [0.3, 0.4) is 0 Å². The second-order valence-corrected chi connectivity index (χ2v) is 5.26. The summed E-state index contributed by atoms with van der Waals surface area (Å²) in [5.41, 5.74) is 1.76. The number of rotatable bonds is 8.